The Balaban J connectivity index is 1.52. The van der Waals surface area contributed by atoms with Gasteiger partial charge in [-0.1, -0.05) is 36.4 Å². The molecule has 0 N–H and O–H groups in total. The van der Waals surface area contributed by atoms with Crippen LogP contribution in [0.5, 0.6) is 23.0 Å². The molecule has 168 valence electrons. The molecular formula is C27H25NO5. The summed E-state index contributed by atoms with van der Waals surface area (Å²) in [7, 11) is 3.23. The number of amides is 1. The van der Waals surface area contributed by atoms with Crippen molar-refractivity contribution >= 4 is 12.0 Å². The molecule has 0 aromatic heterocycles. The summed E-state index contributed by atoms with van der Waals surface area (Å²) in [6.45, 7) is 1.32. The second-order valence-electron chi connectivity index (χ2n) is 7.95. The lowest BCUT2D eigenvalue weighted by molar-refractivity contribution is -0.126. The van der Waals surface area contributed by atoms with Gasteiger partial charge < -0.3 is 23.8 Å². The molecule has 6 heteroatoms. The summed E-state index contributed by atoms with van der Waals surface area (Å²) < 4.78 is 22.5. The predicted octanol–water partition coefficient (Wildman–Crippen LogP) is 4.70. The van der Waals surface area contributed by atoms with E-state index in [4.69, 9.17) is 18.9 Å². The van der Waals surface area contributed by atoms with Gasteiger partial charge in [-0.05, 0) is 52.9 Å². The zero-order valence-electron chi connectivity index (χ0n) is 18.7. The molecule has 2 aliphatic heterocycles. The van der Waals surface area contributed by atoms with Crippen molar-refractivity contribution < 1.29 is 23.7 Å². The molecule has 33 heavy (non-hydrogen) atoms. The molecule has 2 aliphatic rings. The molecule has 5 rings (SSSR count). The summed E-state index contributed by atoms with van der Waals surface area (Å²) in [6, 6.07) is 17.7. The molecule has 0 aliphatic carbocycles. The Labute approximate surface area is 193 Å². The number of ether oxygens (including phenoxy) is 4. The van der Waals surface area contributed by atoms with Crippen LogP contribution in [0.2, 0.25) is 0 Å². The highest BCUT2D eigenvalue weighted by Crippen LogP contribution is 2.48. The van der Waals surface area contributed by atoms with Crippen molar-refractivity contribution in [3.05, 3.63) is 77.4 Å². The van der Waals surface area contributed by atoms with Crippen molar-refractivity contribution in [3.63, 3.8) is 0 Å². The molecule has 1 amide bonds. The van der Waals surface area contributed by atoms with E-state index in [-0.39, 0.29) is 12.7 Å². The van der Waals surface area contributed by atoms with Crippen molar-refractivity contribution in [1.29, 1.82) is 0 Å². The summed E-state index contributed by atoms with van der Waals surface area (Å²) in [5.74, 6) is 2.72. The van der Waals surface area contributed by atoms with E-state index in [0.717, 1.165) is 34.4 Å². The monoisotopic (exact) mass is 443 g/mol. The Bertz CT molecular complexity index is 1220. The van der Waals surface area contributed by atoms with Crippen molar-refractivity contribution in [3.8, 4) is 34.1 Å². The van der Waals surface area contributed by atoms with Crippen LogP contribution in [0.1, 0.15) is 16.7 Å². The summed E-state index contributed by atoms with van der Waals surface area (Å²) in [5.41, 5.74) is 5.10. The van der Waals surface area contributed by atoms with Crippen LogP contribution in [-0.2, 0) is 17.8 Å². The fourth-order valence-corrected chi connectivity index (χ4v) is 4.39. The topological polar surface area (TPSA) is 57.2 Å². The van der Waals surface area contributed by atoms with E-state index in [0.29, 0.717) is 30.3 Å². The lowest BCUT2D eigenvalue weighted by atomic mass is 9.89. The predicted molar refractivity (Wildman–Crippen MR) is 126 cm³/mol. The first-order valence-corrected chi connectivity index (χ1v) is 10.9. The molecule has 0 spiro atoms. The second-order valence-corrected chi connectivity index (χ2v) is 7.95. The van der Waals surface area contributed by atoms with E-state index in [1.165, 1.54) is 5.56 Å². The summed E-state index contributed by atoms with van der Waals surface area (Å²) in [6.07, 6.45) is 4.24. The number of rotatable bonds is 5. The summed E-state index contributed by atoms with van der Waals surface area (Å²) >= 11 is 0. The molecule has 3 aromatic carbocycles. The van der Waals surface area contributed by atoms with E-state index >= 15 is 0 Å². The molecule has 0 atom stereocenters. The molecule has 0 bridgehead atoms. The van der Waals surface area contributed by atoms with Crippen LogP contribution < -0.4 is 18.9 Å². The third-order valence-electron chi connectivity index (χ3n) is 6.07. The fourth-order valence-electron chi connectivity index (χ4n) is 4.39. The van der Waals surface area contributed by atoms with Crippen molar-refractivity contribution in [1.82, 2.24) is 4.90 Å². The zero-order chi connectivity index (χ0) is 22.8. The number of carbonyl (C=O) groups excluding carboxylic acids is 1. The van der Waals surface area contributed by atoms with E-state index in [1.54, 1.807) is 20.3 Å². The number of hydrogen-bond acceptors (Lipinski definition) is 5. The first-order valence-electron chi connectivity index (χ1n) is 10.9. The van der Waals surface area contributed by atoms with E-state index in [9.17, 15) is 4.79 Å². The lowest BCUT2D eigenvalue weighted by Gasteiger charge is -2.30. The van der Waals surface area contributed by atoms with Gasteiger partial charge in [0.1, 0.15) is 0 Å². The van der Waals surface area contributed by atoms with E-state index < -0.39 is 0 Å². The van der Waals surface area contributed by atoms with Crippen LogP contribution >= 0.6 is 0 Å². The maximum absolute atomic E-state index is 13.0. The third-order valence-corrected chi connectivity index (χ3v) is 6.07. The number of benzene rings is 3. The van der Waals surface area contributed by atoms with Crippen LogP contribution in [0.15, 0.2) is 60.7 Å². The first-order chi connectivity index (χ1) is 16.2. The minimum Gasteiger partial charge on any atom is -0.493 e. The molecule has 0 radical (unpaired) electrons. The highest BCUT2D eigenvalue weighted by molar-refractivity contribution is 5.92. The van der Waals surface area contributed by atoms with Crippen LogP contribution in [0.4, 0.5) is 0 Å². The van der Waals surface area contributed by atoms with Crippen LogP contribution in [0.25, 0.3) is 17.2 Å². The van der Waals surface area contributed by atoms with Gasteiger partial charge in [-0.3, -0.25) is 4.79 Å². The average molecular weight is 443 g/mol. The van der Waals surface area contributed by atoms with E-state index in [1.807, 2.05) is 65.6 Å². The second kappa shape index (κ2) is 8.90. The number of nitrogens with zero attached hydrogens (tertiary/aromatic N) is 1. The maximum Gasteiger partial charge on any atom is 0.246 e. The summed E-state index contributed by atoms with van der Waals surface area (Å²) in [5, 5.41) is 0. The van der Waals surface area contributed by atoms with Crippen molar-refractivity contribution in [2.75, 3.05) is 27.6 Å². The van der Waals surface area contributed by atoms with Gasteiger partial charge >= 0.3 is 0 Å². The minimum absolute atomic E-state index is 0.0135. The van der Waals surface area contributed by atoms with Gasteiger partial charge in [-0.25, -0.2) is 0 Å². The molecule has 0 saturated heterocycles. The maximum atomic E-state index is 13.0. The van der Waals surface area contributed by atoms with Crippen LogP contribution in [0.3, 0.4) is 0 Å². The quantitative estimate of drug-likeness (QED) is 0.535. The molecule has 0 fully saturated rings. The number of carbonyl (C=O) groups is 1. The summed E-state index contributed by atoms with van der Waals surface area (Å²) in [4.78, 5) is 14.9. The Morgan fingerprint density at radius 2 is 1.82 bits per heavy atom. The smallest absolute Gasteiger partial charge is 0.246 e. The van der Waals surface area contributed by atoms with Gasteiger partial charge in [0.25, 0.3) is 0 Å². The third kappa shape index (κ3) is 4.00. The molecule has 0 saturated carbocycles. The zero-order valence-corrected chi connectivity index (χ0v) is 18.7. The van der Waals surface area contributed by atoms with Crippen molar-refractivity contribution in [2.45, 2.75) is 13.0 Å². The average Bonchev–Trinajstić information content (AvgIpc) is 3.33. The fraction of sp³-hybridized carbons (Fsp3) is 0.222. The molecular weight excluding hydrogens is 418 g/mol. The van der Waals surface area contributed by atoms with Gasteiger partial charge in [0, 0.05) is 24.7 Å². The van der Waals surface area contributed by atoms with Crippen LogP contribution in [-0.4, -0.2) is 38.4 Å². The standard InChI is InChI=1S/C27H25NO5/c1-30-22-10-9-20(15-23(22)31-2)26-21-16-28(25(29)11-8-18-6-4-3-5-7-18)13-12-19(21)14-24-27(26)33-17-32-24/h3-11,14-15H,12-13,16-17H2,1-2H3/b11-8+. The van der Waals surface area contributed by atoms with Gasteiger partial charge in [0.2, 0.25) is 12.7 Å². The molecule has 6 nitrogen and oxygen atoms in total. The Morgan fingerprint density at radius 1 is 1.00 bits per heavy atom. The lowest BCUT2D eigenvalue weighted by Crippen LogP contribution is -2.35. The number of methoxy groups -OCH3 is 2. The normalized spacial score (nSPS) is 14.3. The van der Waals surface area contributed by atoms with Gasteiger partial charge in [0.15, 0.2) is 23.0 Å². The SMILES string of the molecule is COc1ccc(-c2c3c(cc4c2OCO4)CCN(C(=O)/C=C/c2ccccc2)C3)cc1OC. The molecule has 2 heterocycles. The number of fused-ring (bicyclic) bond motifs is 2. The molecule has 0 unspecified atom stereocenters. The highest BCUT2D eigenvalue weighted by atomic mass is 16.7. The van der Waals surface area contributed by atoms with Crippen LogP contribution in [0, 0.1) is 0 Å². The van der Waals surface area contributed by atoms with Gasteiger partial charge in [-0.15, -0.1) is 0 Å². The number of hydrogen-bond donors (Lipinski definition) is 0. The van der Waals surface area contributed by atoms with Gasteiger partial charge in [0.05, 0.1) is 14.2 Å². The largest absolute Gasteiger partial charge is 0.493 e. The Kier molecular flexibility index (Phi) is 5.65. The van der Waals surface area contributed by atoms with E-state index in [2.05, 4.69) is 0 Å². The van der Waals surface area contributed by atoms with Crippen molar-refractivity contribution in [2.24, 2.45) is 0 Å². The highest BCUT2D eigenvalue weighted by Gasteiger charge is 2.30. The Morgan fingerprint density at radius 3 is 2.61 bits per heavy atom. The van der Waals surface area contributed by atoms with Gasteiger partial charge in [-0.2, -0.15) is 0 Å². The molecule has 3 aromatic rings. The first kappa shape index (κ1) is 20.9. The Hall–Kier alpha value is -3.93. The minimum atomic E-state index is -0.0135.